The van der Waals surface area contributed by atoms with E-state index >= 15 is 0 Å². The van der Waals surface area contributed by atoms with Crippen molar-refractivity contribution in [3.05, 3.63) is 83.2 Å². The van der Waals surface area contributed by atoms with E-state index in [1.807, 2.05) is 60.7 Å². The Kier molecular flexibility index (Phi) is 4.09. The summed E-state index contributed by atoms with van der Waals surface area (Å²) >= 11 is 0. The second-order valence-electron chi connectivity index (χ2n) is 5.91. The van der Waals surface area contributed by atoms with E-state index in [1.54, 1.807) is 0 Å². The van der Waals surface area contributed by atoms with Crippen LogP contribution in [0, 0.1) is 11.3 Å². The third kappa shape index (κ3) is 3.07. The van der Waals surface area contributed by atoms with Gasteiger partial charge in [0.15, 0.2) is 5.57 Å². The number of hydrogen-bond donors (Lipinski definition) is 1. The molecule has 1 fully saturated rings. The van der Waals surface area contributed by atoms with Gasteiger partial charge in [-0.3, -0.25) is 0 Å². The van der Waals surface area contributed by atoms with Crippen molar-refractivity contribution in [1.29, 1.82) is 5.26 Å². The van der Waals surface area contributed by atoms with E-state index in [1.165, 1.54) is 0 Å². The van der Waals surface area contributed by atoms with Crippen molar-refractivity contribution >= 4 is 5.90 Å². The Morgan fingerprint density at radius 3 is 2.32 bits per heavy atom. The van der Waals surface area contributed by atoms with Gasteiger partial charge in [-0.25, -0.2) is 4.99 Å². The van der Waals surface area contributed by atoms with Crippen molar-refractivity contribution in [2.24, 2.45) is 4.99 Å². The molecule has 0 aromatic heterocycles. The Labute approximate surface area is 146 Å². The maximum atomic E-state index is 9.57. The van der Waals surface area contributed by atoms with Gasteiger partial charge in [0.1, 0.15) is 25.3 Å². The molecule has 2 aliphatic rings. The number of aliphatic imine (C=N–C) groups is 1. The summed E-state index contributed by atoms with van der Waals surface area (Å²) in [7, 11) is 0. The maximum absolute atomic E-state index is 9.57. The van der Waals surface area contributed by atoms with Crippen molar-refractivity contribution in [3.8, 4) is 6.07 Å². The molecule has 2 aliphatic heterocycles. The number of nitriles is 1. The lowest BCUT2D eigenvalue weighted by atomic mass is 10.1. The summed E-state index contributed by atoms with van der Waals surface area (Å²) in [5.41, 5.74) is 2.50. The van der Waals surface area contributed by atoms with E-state index in [2.05, 4.69) is 16.4 Å². The van der Waals surface area contributed by atoms with Gasteiger partial charge >= 0.3 is 0 Å². The van der Waals surface area contributed by atoms with Crippen LogP contribution in [0.3, 0.4) is 0 Å². The molecule has 25 heavy (non-hydrogen) atoms. The average molecular weight is 331 g/mol. The molecule has 0 bridgehead atoms. The molecule has 1 N–H and O–H groups in total. The Hall–Kier alpha value is -3.26. The standard InChI is InChI=1S/C20H17N3O2/c21-11-16(19-22-17(12-24-19)14-7-3-1-4-8-14)20-23-18(13-25-20)15-9-5-2-6-10-15/h1-10,17-18,22H,12-13H2/b19-16-/t17-,18-/m0/s1. The number of nitrogens with zero attached hydrogens (tertiary/aromatic N) is 2. The number of nitrogens with one attached hydrogen (secondary N) is 1. The van der Waals surface area contributed by atoms with Crippen LogP contribution in [-0.4, -0.2) is 19.1 Å². The molecular weight excluding hydrogens is 314 g/mol. The first-order chi connectivity index (χ1) is 12.3. The highest BCUT2D eigenvalue weighted by Crippen LogP contribution is 2.28. The molecule has 2 aromatic carbocycles. The third-order valence-electron chi connectivity index (χ3n) is 4.29. The predicted molar refractivity (Wildman–Crippen MR) is 93.5 cm³/mol. The summed E-state index contributed by atoms with van der Waals surface area (Å²) in [6.45, 7) is 0.903. The van der Waals surface area contributed by atoms with Crippen molar-refractivity contribution in [2.75, 3.05) is 13.2 Å². The van der Waals surface area contributed by atoms with Crippen LogP contribution < -0.4 is 5.32 Å². The van der Waals surface area contributed by atoms with Crippen LogP contribution >= 0.6 is 0 Å². The first kappa shape index (κ1) is 15.3. The number of hydrogen-bond acceptors (Lipinski definition) is 5. The SMILES string of the molecule is N#C/C(C1=N[C@H](c2ccccc2)CO1)=C1\N[C@H](c2ccccc2)CO1. The molecule has 0 aliphatic carbocycles. The Morgan fingerprint density at radius 1 is 0.960 bits per heavy atom. The molecule has 0 saturated carbocycles. The Morgan fingerprint density at radius 2 is 1.64 bits per heavy atom. The maximum Gasteiger partial charge on any atom is 0.233 e. The molecule has 0 radical (unpaired) electrons. The van der Waals surface area contributed by atoms with Crippen LogP contribution in [0.1, 0.15) is 23.2 Å². The first-order valence-corrected chi connectivity index (χ1v) is 8.19. The lowest BCUT2D eigenvalue weighted by molar-refractivity contribution is 0.251. The van der Waals surface area contributed by atoms with Crippen LogP contribution in [0.2, 0.25) is 0 Å². The van der Waals surface area contributed by atoms with Crippen molar-refractivity contribution in [2.45, 2.75) is 12.1 Å². The number of rotatable bonds is 3. The number of ether oxygens (including phenoxy) is 2. The average Bonchev–Trinajstić information content (AvgIpc) is 3.35. The van der Waals surface area contributed by atoms with Crippen molar-refractivity contribution in [3.63, 3.8) is 0 Å². The predicted octanol–water partition coefficient (Wildman–Crippen LogP) is 3.25. The molecule has 2 atom stereocenters. The fourth-order valence-electron chi connectivity index (χ4n) is 2.97. The molecule has 0 spiro atoms. The van der Waals surface area contributed by atoms with E-state index in [-0.39, 0.29) is 12.1 Å². The molecule has 5 nitrogen and oxygen atoms in total. The largest absolute Gasteiger partial charge is 0.476 e. The molecule has 1 saturated heterocycles. The van der Waals surface area contributed by atoms with E-state index in [4.69, 9.17) is 9.47 Å². The van der Waals surface area contributed by atoms with E-state index in [0.29, 0.717) is 30.6 Å². The van der Waals surface area contributed by atoms with Gasteiger partial charge in [-0.1, -0.05) is 60.7 Å². The molecule has 0 amide bonds. The highest BCUT2D eigenvalue weighted by Gasteiger charge is 2.30. The zero-order chi connectivity index (χ0) is 17.1. The summed E-state index contributed by atoms with van der Waals surface area (Å²) in [5, 5.41) is 12.8. The Balaban J connectivity index is 1.57. The van der Waals surface area contributed by atoms with Gasteiger partial charge < -0.3 is 14.8 Å². The Bertz CT molecular complexity index is 854. The quantitative estimate of drug-likeness (QED) is 0.877. The zero-order valence-electron chi connectivity index (χ0n) is 13.6. The van der Waals surface area contributed by atoms with Gasteiger partial charge in [0.2, 0.25) is 11.8 Å². The summed E-state index contributed by atoms with van der Waals surface area (Å²) < 4.78 is 11.4. The monoisotopic (exact) mass is 331 g/mol. The fraction of sp³-hybridized carbons (Fsp3) is 0.200. The van der Waals surface area contributed by atoms with Crippen LogP contribution in [0.25, 0.3) is 0 Å². The normalized spacial score (nSPS) is 23.7. The lowest BCUT2D eigenvalue weighted by Gasteiger charge is -2.08. The van der Waals surface area contributed by atoms with E-state index < -0.39 is 0 Å². The molecule has 0 unspecified atom stereocenters. The summed E-state index contributed by atoms with van der Waals surface area (Å²) in [6, 6.07) is 22.0. The van der Waals surface area contributed by atoms with Crippen molar-refractivity contribution in [1.82, 2.24) is 5.32 Å². The van der Waals surface area contributed by atoms with Gasteiger partial charge in [-0.2, -0.15) is 5.26 Å². The molecule has 124 valence electrons. The van der Waals surface area contributed by atoms with Crippen LogP contribution in [0.4, 0.5) is 0 Å². The van der Waals surface area contributed by atoms with Crippen LogP contribution in [-0.2, 0) is 9.47 Å². The first-order valence-electron chi connectivity index (χ1n) is 8.19. The minimum Gasteiger partial charge on any atom is -0.476 e. The van der Waals surface area contributed by atoms with Gasteiger partial charge in [0.05, 0.1) is 6.04 Å². The summed E-state index contributed by atoms with van der Waals surface area (Å²) in [5.74, 6) is 0.774. The highest BCUT2D eigenvalue weighted by molar-refractivity contribution is 5.98. The molecule has 5 heteroatoms. The highest BCUT2D eigenvalue weighted by atomic mass is 16.5. The van der Waals surface area contributed by atoms with Crippen LogP contribution in [0.15, 0.2) is 77.1 Å². The summed E-state index contributed by atoms with van der Waals surface area (Å²) in [6.07, 6.45) is 0. The van der Waals surface area contributed by atoms with Crippen LogP contribution in [0.5, 0.6) is 0 Å². The smallest absolute Gasteiger partial charge is 0.233 e. The molecular formula is C20H17N3O2. The minimum atomic E-state index is -0.0912. The van der Waals surface area contributed by atoms with E-state index in [0.717, 1.165) is 11.1 Å². The second kappa shape index (κ2) is 6.70. The molecule has 2 aromatic rings. The minimum absolute atomic E-state index is 0.0199. The van der Waals surface area contributed by atoms with Gasteiger partial charge in [-0.05, 0) is 11.1 Å². The van der Waals surface area contributed by atoms with Gasteiger partial charge in [0, 0.05) is 0 Å². The van der Waals surface area contributed by atoms with Crippen molar-refractivity contribution < 1.29 is 9.47 Å². The third-order valence-corrected chi connectivity index (χ3v) is 4.29. The molecule has 4 rings (SSSR count). The van der Waals surface area contributed by atoms with Gasteiger partial charge in [0.25, 0.3) is 0 Å². The summed E-state index contributed by atoms with van der Waals surface area (Å²) in [4.78, 5) is 4.57. The molecule has 2 heterocycles. The fourth-order valence-corrected chi connectivity index (χ4v) is 2.97. The topological polar surface area (TPSA) is 66.6 Å². The zero-order valence-corrected chi connectivity index (χ0v) is 13.6. The van der Waals surface area contributed by atoms with E-state index in [9.17, 15) is 5.26 Å². The number of benzene rings is 2. The van der Waals surface area contributed by atoms with Gasteiger partial charge in [-0.15, -0.1) is 0 Å². The second-order valence-corrected chi connectivity index (χ2v) is 5.91. The lowest BCUT2D eigenvalue weighted by Crippen LogP contribution is -2.17.